The molecule has 0 atom stereocenters. The quantitative estimate of drug-likeness (QED) is 0.460. The summed E-state index contributed by atoms with van der Waals surface area (Å²) in [5, 5.41) is 0.741. The maximum atomic E-state index is 11.0. The summed E-state index contributed by atoms with van der Waals surface area (Å²) in [4.78, 5) is 11.0. The monoisotopic (exact) mass is 298 g/mol. The molecule has 0 aliphatic rings. The second kappa shape index (κ2) is 7.90. The third-order valence-electron chi connectivity index (χ3n) is 1.99. The van der Waals surface area contributed by atoms with Gasteiger partial charge >= 0.3 is 5.97 Å². The van der Waals surface area contributed by atoms with Crippen LogP contribution in [0.3, 0.4) is 0 Å². The normalized spacial score (nSPS) is 10.5. The number of carbonyl (C=O) groups is 1. The molecule has 0 bridgehead atoms. The Bertz CT molecular complexity index is 388. The predicted octanol–water partition coefficient (Wildman–Crippen LogP) is 3.08. The van der Waals surface area contributed by atoms with E-state index in [9.17, 15) is 4.79 Å². The largest absolute Gasteiger partial charge is 0.489 e. The van der Waals surface area contributed by atoms with Crippen LogP contribution in [0.25, 0.3) is 0 Å². The van der Waals surface area contributed by atoms with Gasteiger partial charge in [0.05, 0.1) is 6.61 Å². The number of esters is 1. The second-order valence-electron chi connectivity index (χ2n) is 3.21. The molecule has 0 radical (unpaired) electrons. The van der Waals surface area contributed by atoms with E-state index >= 15 is 0 Å². The molecule has 0 N–H and O–H groups in total. The van der Waals surface area contributed by atoms with E-state index in [1.807, 2.05) is 24.3 Å². The van der Waals surface area contributed by atoms with Gasteiger partial charge in [-0.2, -0.15) is 0 Å². The van der Waals surface area contributed by atoms with Crippen LogP contribution in [0.2, 0.25) is 0 Å². The molecular formula is C13H15BrO3. The summed E-state index contributed by atoms with van der Waals surface area (Å²) in [5.41, 5.74) is 1.08. The maximum Gasteiger partial charge on any atom is 0.330 e. The number of alkyl halides is 1. The summed E-state index contributed by atoms with van der Waals surface area (Å²) in [5.74, 6) is 0.475. The van der Waals surface area contributed by atoms with E-state index in [4.69, 9.17) is 9.47 Å². The molecule has 0 aromatic heterocycles. The highest BCUT2D eigenvalue weighted by atomic mass is 79.9. The van der Waals surface area contributed by atoms with Crippen molar-refractivity contribution in [3.63, 3.8) is 0 Å². The van der Waals surface area contributed by atoms with Crippen molar-refractivity contribution >= 4 is 21.9 Å². The fourth-order valence-corrected chi connectivity index (χ4v) is 1.69. The molecule has 0 aliphatic carbocycles. The lowest BCUT2D eigenvalue weighted by Crippen LogP contribution is -2.01. The minimum absolute atomic E-state index is 0.343. The molecular weight excluding hydrogens is 284 g/mol. The SMILES string of the molecule is CCOC(=O)/C=C\COc1ccccc1CBr. The van der Waals surface area contributed by atoms with E-state index in [0.717, 1.165) is 16.6 Å². The molecule has 0 spiro atoms. The number of rotatable bonds is 6. The Balaban J connectivity index is 2.43. The second-order valence-corrected chi connectivity index (χ2v) is 3.77. The topological polar surface area (TPSA) is 35.5 Å². The third kappa shape index (κ3) is 5.04. The summed E-state index contributed by atoms with van der Waals surface area (Å²) >= 11 is 3.39. The van der Waals surface area contributed by atoms with Crippen LogP contribution in [0.5, 0.6) is 5.75 Å². The highest BCUT2D eigenvalue weighted by Gasteiger charge is 1.99. The molecule has 0 unspecified atom stereocenters. The van der Waals surface area contributed by atoms with Gasteiger partial charge in [-0.1, -0.05) is 34.1 Å². The molecule has 3 nitrogen and oxygen atoms in total. The standard InChI is InChI=1S/C13H15BrO3/c1-2-16-13(15)8-5-9-17-12-7-4-3-6-11(12)10-14/h3-8H,2,9-10H2,1H3/b8-5-. The van der Waals surface area contributed by atoms with Gasteiger partial charge in [-0.15, -0.1) is 0 Å². The molecule has 0 aliphatic heterocycles. The van der Waals surface area contributed by atoms with E-state index in [0.29, 0.717) is 13.2 Å². The van der Waals surface area contributed by atoms with Crippen molar-refractivity contribution in [1.29, 1.82) is 0 Å². The summed E-state index contributed by atoms with van der Waals surface area (Å²) < 4.78 is 10.3. The van der Waals surface area contributed by atoms with E-state index in [1.54, 1.807) is 13.0 Å². The van der Waals surface area contributed by atoms with Crippen LogP contribution < -0.4 is 4.74 Å². The molecule has 4 heteroatoms. The number of hydrogen-bond donors (Lipinski definition) is 0. The van der Waals surface area contributed by atoms with Crippen LogP contribution in [-0.2, 0) is 14.9 Å². The Morgan fingerprint density at radius 1 is 1.41 bits per heavy atom. The lowest BCUT2D eigenvalue weighted by atomic mass is 10.2. The lowest BCUT2D eigenvalue weighted by molar-refractivity contribution is -0.137. The van der Waals surface area contributed by atoms with Crippen LogP contribution in [-0.4, -0.2) is 19.2 Å². The van der Waals surface area contributed by atoms with Crippen molar-refractivity contribution < 1.29 is 14.3 Å². The maximum absolute atomic E-state index is 11.0. The highest BCUT2D eigenvalue weighted by molar-refractivity contribution is 9.08. The molecule has 92 valence electrons. The molecule has 1 aromatic rings. The molecule has 17 heavy (non-hydrogen) atoms. The molecule has 0 amide bonds. The zero-order chi connectivity index (χ0) is 12.5. The molecule has 0 saturated heterocycles. The van der Waals surface area contributed by atoms with Crippen molar-refractivity contribution in [2.24, 2.45) is 0 Å². The molecule has 0 saturated carbocycles. The molecule has 0 fully saturated rings. The van der Waals surface area contributed by atoms with E-state index in [-0.39, 0.29) is 5.97 Å². The Labute approximate surface area is 110 Å². The Morgan fingerprint density at radius 3 is 2.88 bits per heavy atom. The number of carbonyl (C=O) groups excluding carboxylic acids is 1. The van der Waals surface area contributed by atoms with Crippen molar-refractivity contribution in [2.45, 2.75) is 12.3 Å². The minimum atomic E-state index is -0.343. The molecule has 1 rings (SSSR count). The van der Waals surface area contributed by atoms with Gasteiger partial charge in [0.2, 0.25) is 0 Å². The average molecular weight is 299 g/mol. The first-order valence-corrected chi connectivity index (χ1v) is 6.50. The van der Waals surface area contributed by atoms with E-state index in [2.05, 4.69) is 15.9 Å². The highest BCUT2D eigenvalue weighted by Crippen LogP contribution is 2.20. The zero-order valence-corrected chi connectivity index (χ0v) is 11.3. The number of ether oxygens (including phenoxy) is 2. The first kappa shape index (κ1) is 13.8. The summed E-state index contributed by atoms with van der Waals surface area (Å²) in [7, 11) is 0. The van der Waals surface area contributed by atoms with Gasteiger partial charge in [0, 0.05) is 17.0 Å². The molecule has 1 aromatic carbocycles. The van der Waals surface area contributed by atoms with Crippen molar-refractivity contribution in [1.82, 2.24) is 0 Å². The average Bonchev–Trinajstić information content (AvgIpc) is 2.35. The first-order chi connectivity index (χ1) is 8.27. The number of benzene rings is 1. The van der Waals surface area contributed by atoms with Crippen molar-refractivity contribution in [2.75, 3.05) is 13.2 Å². The summed E-state index contributed by atoms with van der Waals surface area (Å²) in [6.07, 6.45) is 3.02. The lowest BCUT2D eigenvalue weighted by Gasteiger charge is -2.07. The van der Waals surface area contributed by atoms with Crippen LogP contribution in [0.1, 0.15) is 12.5 Å². The third-order valence-corrected chi connectivity index (χ3v) is 2.60. The van der Waals surface area contributed by atoms with Gasteiger partial charge in [-0.3, -0.25) is 0 Å². The first-order valence-electron chi connectivity index (χ1n) is 5.38. The number of halogens is 1. The van der Waals surface area contributed by atoms with Gasteiger partial charge in [-0.05, 0) is 19.1 Å². The fourth-order valence-electron chi connectivity index (χ4n) is 1.23. The summed E-state index contributed by atoms with van der Waals surface area (Å²) in [6, 6.07) is 7.75. The zero-order valence-electron chi connectivity index (χ0n) is 9.69. The van der Waals surface area contributed by atoms with Gasteiger partial charge in [-0.25, -0.2) is 4.79 Å². The Hall–Kier alpha value is -1.29. The van der Waals surface area contributed by atoms with Gasteiger partial charge in [0.1, 0.15) is 12.4 Å². The Morgan fingerprint density at radius 2 is 2.18 bits per heavy atom. The van der Waals surface area contributed by atoms with Crippen molar-refractivity contribution in [3.8, 4) is 5.75 Å². The number of hydrogen-bond acceptors (Lipinski definition) is 3. The van der Waals surface area contributed by atoms with Crippen LogP contribution in [0.4, 0.5) is 0 Å². The van der Waals surface area contributed by atoms with E-state index < -0.39 is 0 Å². The predicted molar refractivity (Wildman–Crippen MR) is 70.3 cm³/mol. The summed E-state index contributed by atoms with van der Waals surface area (Å²) in [6.45, 7) is 2.51. The van der Waals surface area contributed by atoms with Crippen LogP contribution in [0, 0.1) is 0 Å². The number of para-hydroxylation sites is 1. The van der Waals surface area contributed by atoms with Crippen LogP contribution >= 0.6 is 15.9 Å². The minimum Gasteiger partial charge on any atom is -0.489 e. The van der Waals surface area contributed by atoms with Crippen LogP contribution in [0.15, 0.2) is 36.4 Å². The molecule has 0 heterocycles. The Kier molecular flexibility index (Phi) is 6.40. The smallest absolute Gasteiger partial charge is 0.330 e. The van der Waals surface area contributed by atoms with Gasteiger partial charge in [0.15, 0.2) is 0 Å². The van der Waals surface area contributed by atoms with Gasteiger partial charge in [0.25, 0.3) is 0 Å². The van der Waals surface area contributed by atoms with E-state index in [1.165, 1.54) is 6.08 Å². The fraction of sp³-hybridized carbons (Fsp3) is 0.308. The van der Waals surface area contributed by atoms with Crippen molar-refractivity contribution in [3.05, 3.63) is 42.0 Å². The van der Waals surface area contributed by atoms with Gasteiger partial charge < -0.3 is 9.47 Å².